The Kier molecular flexibility index (Phi) is 5.08. The van der Waals surface area contributed by atoms with Crippen LogP contribution in [0, 0.1) is 6.92 Å². The first-order chi connectivity index (χ1) is 12.4. The highest BCUT2D eigenvalue weighted by molar-refractivity contribution is 6.09. The Balaban J connectivity index is 1.97. The Morgan fingerprint density at radius 3 is 2.50 bits per heavy atom. The number of hydrogen-bond donors (Lipinski definition) is 3. The zero-order chi connectivity index (χ0) is 18.8. The Morgan fingerprint density at radius 1 is 1.00 bits per heavy atom. The van der Waals surface area contributed by atoms with Gasteiger partial charge in [0.15, 0.2) is 0 Å². The number of aromatic amines is 1. The number of fused-ring (bicyclic) bond motifs is 3. The molecule has 3 N–H and O–H groups in total. The van der Waals surface area contributed by atoms with Gasteiger partial charge in [-0.15, -0.1) is 0 Å². The van der Waals surface area contributed by atoms with Gasteiger partial charge in [0, 0.05) is 22.4 Å². The average Bonchev–Trinajstić information content (AvgIpc) is 2.91. The van der Waals surface area contributed by atoms with Crippen LogP contribution >= 0.6 is 0 Å². The van der Waals surface area contributed by atoms with Gasteiger partial charge in [0.1, 0.15) is 11.5 Å². The number of hydrogen-bond acceptors (Lipinski definition) is 2. The van der Waals surface area contributed by atoms with E-state index in [1.807, 2.05) is 19.1 Å². The minimum Gasteiger partial charge on any atom is -0.508 e. The van der Waals surface area contributed by atoms with Crippen LogP contribution in [0.3, 0.4) is 0 Å². The quantitative estimate of drug-likeness (QED) is 0.475. The molecular formula is C23H27NO2. The molecule has 0 aliphatic carbocycles. The van der Waals surface area contributed by atoms with Crippen molar-refractivity contribution in [2.45, 2.75) is 47.0 Å². The van der Waals surface area contributed by atoms with Crippen molar-refractivity contribution in [3.05, 3.63) is 58.7 Å². The first kappa shape index (κ1) is 18.1. The fraction of sp³-hybridized carbons (Fsp3) is 0.304. The molecule has 0 amide bonds. The van der Waals surface area contributed by atoms with Gasteiger partial charge in [0.2, 0.25) is 0 Å². The summed E-state index contributed by atoms with van der Waals surface area (Å²) in [7, 11) is 0. The number of phenolic OH excluding ortho intramolecular Hbond substituents is 2. The fourth-order valence-corrected chi connectivity index (χ4v) is 3.33. The van der Waals surface area contributed by atoms with Crippen LogP contribution in [-0.2, 0) is 6.42 Å². The predicted molar refractivity (Wildman–Crippen MR) is 110 cm³/mol. The normalized spacial score (nSPS) is 12.1. The Bertz CT molecular complexity index is 1020. The minimum atomic E-state index is 0.282. The summed E-state index contributed by atoms with van der Waals surface area (Å²) in [6.45, 7) is 8.27. The zero-order valence-corrected chi connectivity index (χ0v) is 16.0. The molecule has 1 aromatic heterocycles. The predicted octanol–water partition coefficient (Wildman–Crippen LogP) is 6.28. The van der Waals surface area contributed by atoms with Crippen molar-refractivity contribution < 1.29 is 10.2 Å². The second-order valence-electron chi connectivity index (χ2n) is 7.37. The first-order valence-corrected chi connectivity index (χ1v) is 9.11. The summed E-state index contributed by atoms with van der Waals surface area (Å²) in [4.78, 5) is 3.38. The third-order valence-corrected chi connectivity index (χ3v) is 4.92. The monoisotopic (exact) mass is 349 g/mol. The number of phenols is 2. The summed E-state index contributed by atoms with van der Waals surface area (Å²) in [5.74, 6) is 0.586. The highest BCUT2D eigenvalue weighted by Crippen LogP contribution is 2.35. The fourth-order valence-electron chi connectivity index (χ4n) is 3.33. The van der Waals surface area contributed by atoms with E-state index in [1.54, 1.807) is 12.1 Å². The van der Waals surface area contributed by atoms with Gasteiger partial charge in [-0.1, -0.05) is 23.3 Å². The molecule has 26 heavy (non-hydrogen) atoms. The third kappa shape index (κ3) is 3.62. The maximum absolute atomic E-state index is 10.4. The van der Waals surface area contributed by atoms with E-state index >= 15 is 0 Å². The van der Waals surface area contributed by atoms with Crippen LogP contribution < -0.4 is 0 Å². The standard InChI is InChI=1S/C23H27NO2/c1-14(2)6-5-7-15(3)8-9-18-21(25)11-10-17-19-12-16(4)22(26)13-20(19)24-23(17)18/h6,8,10-13,24-26H,5,7,9H2,1-4H3/b15-8+. The van der Waals surface area contributed by atoms with E-state index in [0.29, 0.717) is 12.2 Å². The van der Waals surface area contributed by atoms with E-state index < -0.39 is 0 Å². The van der Waals surface area contributed by atoms with E-state index in [0.717, 1.165) is 45.8 Å². The van der Waals surface area contributed by atoms with Gasteiger partial charge in [-0.25, -0.2) is 0 Å². The van der Waals surface area contributed by atoms with Crippen LogP contribution in [0.15, 0.2) is 47.6 Å². The van der Waals surface area contributed by atoms with Gasteiger partial charge in [0.25, 0.3) is 0 Å². The molecule has 0 aliphatic rings. The largest absolute Gasteiger partial charge is 0.508 e. The molecule has 1 heterocycles. The molecule has 3 aromatic rings. The molecule has 0 fully saturated rings. The zero-order valence-electron chi connectivity index (χ0n) is 16.0. The minimum absolute atomic E-state index is 0.282. The van der Waals surface area contributed by atoms with E-state index in [1.165, 1.54) is 11.1 Å². The third-order valence-electron chi connectivity index (χ3n) is 4.92. The molecule has 2 aromatic carbocycles. The second-order valence-corrected chi connectivity index (χ2v) is 7.37. The van der Waals surface area contributed by atoms with Crippen LogP contribution in [0.4, 0.5) is 0 Å². The molecule has 3 heteroatoms. The lowest BCUT2D eigenvalue weighted by Gasteiger charge is -2.05. The van der Waals surface area contributed by atoms with Crippen molar-refractivity contribution >= 4 is 21.8 Å². The molecule has 0 saturated carbocycles. The molecule has 0 spiro atoms. The Hall–Kier alpha value is -2.68. The van der Waals surface area contributed by atoms with Gasteiger partial charge in [0.05, 0.1) is 11.0 Å². The van der Waals surface area contributed by atoms with Crippen molar-refractivity contribution in [2.75, 3.05) is 0 Å². The average molecular weight is 349 g/mol. The van der Waals surface area contributed by atoms with Crippen LogP contribution in [0.25, 0.3) is 21.8 Å². The molecule has 3 rings (SSSR count). The van der Waals surface area contributed by atoms with Crippen LogP contribution in [0.5, 0.6) is 11.5 Å². The number of nitrogens with one attached hydrogen (secondary N) is 1. The van der Waals surface area contributed by atoms with Crippen LogP contribution in [0.2, 0.25) is 0 Å². The van der Waals surface area contributed by atoms with E-state index in [-0.39, 0.29) is 5.75 Å². The summed E-state index contributed by atoms with van der Waals surface area (Å²) in [5, 5.41) is 22.5. The Morgan fingerprint density at radius 2 is 1.77 bits per heavy atom. The van der Waals surface area contributed by atoms with Gasteiger partial charge in [-0.2, -0.15) is 0 Å². The van der Waals surface area contributed by atoms with Crippen molar-refractivity contribution in [1.82, 2.24) is 4.98 Å². The van der Waals surface area contributed by atoms with Crippen LogP contribution in [-0.4, -0.2) is 15.2 Å². The Labute approximate surface area is 154 Å². The van der Waals surface area contributed by atoms with E-state index in [9.17, 15) is 10.2 Å². The van der Waals surface area contributed by atoms with Crippen molar-refractivity contribution in [1.29, 1.82) is 0 Å². The van der Waals surface area contributed by atoms with Gasteiger partial charge < -0.3 is 15.2 Å². The lowest BCUT2D eigenvalue weighted by molar-refractivity contribution is 0.470. The van der Waals surface area contributed by atoms with Crippen LogP contribution in [0.1, 0.15) is 44.7 Å². The molecule has 0 aliphatic heterocycles. The van der Waals surface area contributed by atoms with Crippen molar-refractivity contribution in [2.24, 2.45) is 0 Å². The number of aromatic nitrogens is 1. The van der Waals surface area contributed by atoms with E-state index in [2.05, 4.69) is 37.9 Å². The molecule has 0 bridgehead atoms. The number of rotatable bonds is 5. The molecular weight excluding hydrogens is 322 g/mol. The van der Waals surface area contributed by atoms with Gasteiger partial charge in [-0.3, -0.25) is 0 Å². The number of allylic oxidation sites excluding steroid dienone is 4. The first-order valence-electron chi connectivity index (χ1n) is 9.11. The molecule has 3 nitrogen and oxygen atoms in total. The van der Waals surface area contributed by atoms with Gasteiger partial charge in [-0.05, 0) is 70.7 Å². The molecule has 136 valence electrons. The van der Waals surface area contributed by atoms with E-state index in [4.69, 9.17) is 0 Å². The lowest BCUT2D eigenvalue weighted by atomic mass is 10.0. The summed E-state index contributed by atoms with van der Waals surface area (Å²) < 4.78 is 0. The summed E-state index contributed by atoms with van der Waals surface area (Å²) in [5.41, 5.74) is 6.25. The topological polar surface area (TPSA) is 56.2 Å². The number of aryl methyl sites for hydroxylation is 1. The second kappa shape index (κ2) is 7.28. The SMILES string of the molecule is CC(C)=CCC/C(C)=C/Cc1c(O)ccc2c1[nH]c1cc(O)c(C)cc12. The van der Waals surface area contributed by atoms with Crippen molar-refractivity contribution in [3.8, 4) is 11.5 Å². The van der Waals surface area contributed by atoms with Gasteiger partial charge >= 0.3 is 0 Å². The number of H-pyrrole nitrogens is 1. The molecule has 0 unspecified atom stereocenters. The maximum atomic E-state index is 10.4. The number of benzene rings is 2. The summed E-state index contributed by atoms with van der Waals surface area (Å²) in [6, 6.07) is 7.45. The molecule has 0 radical (unpaired) electrons. The number of aromatic hydroxyl groups is 2. The summed E-state index contributed by atoms with van der Waals surface area (Å²) in [6.07, 6.45) is 7.21. The lowest BCUT2D eigenvalue weighted by Crippen LogP contribution is -1.87. The van der Waals surface area contributed by atoms with Crippen molar-refractivity contribution in [3.63, 3.8) is 0 Å². The molecule has 0 atom stereocenters. The highest BCUT2D eigenvalue weighted by atomic mass is 16.3. The highest BCUT2D eigenvalue weighted by Gasteiger charge is 2.13. The maximum Gasteiger partial charge on any atom is 0.121 e. The molecule has 0 saturated heterocycles. The summed E-state index contributed by atoms with van der Waals surface area (Å²) >= 11 is 0. The smallest absolute Gasteiger partial charge is 0.121 e.